The van der Waals surface area contributed by atoms with E-state index >= 15 is 0 Å². The number of hydrogen-bond donors (Lipinski definition) is 2. The van der Waals surface area contributed by atoms with Crippen LogP contribution in [0.15, 0.2) is 42.6 Å². The topological polar surface area (TPSA) is 70.4 Å². The summed E-state index contributed by atoms with van der Waals surface area (Å²) in [4.78, 5) is 15.0. The maximum atomic E-state index is 10.9. The summed E-state index contributed by atoms with van der Waals surface area (Å²) < 4.78 is 1.46. The third-order valence-corrected chi connectivity index (χ3v) is 2.60. The number of aromatic nitrogens is 3. The molecule has 2 aromatic heterocycles. The molecule has 0 spiro atoms. The van der Waals surface area contributed by atoms with E-state index < -0.39 is 5.97 Å². The first-order valence-electron chi connectivity index (χ1n) is 5.11. The first-order valence-corrected chi connectivity index (χ1v) is 5.11. The van der Waals surface area contributed by atoms with E-state index in [4.69, 9.17) is 5.11 Å². The first-order chi connectivity index (χ1) is 8.25. The summed E-state index contributed by atoms with van der Waals surface area (Å²) in [6, 6.07) is 11.5. The fraction of sp³-hybridized carbons (Fsp3) is 0. The highest BCUT2D eigenvalue weighted by molar-refractivity contribution is 5.86. The number of imidazole rings is 1. The van der Waals surface area contributed by atoms with Crippen molar-refractivity contribution in [2.24, 2.45) is 0 Å². The van der Waals surface area contributed by atoms with Gasteiger partial charge in [0.1, 0.15) is 0 Å². The average molecular weight is 227 g/mol. The van der Waals surface area contributed by atoms with Gasteiger partial charge in [-0.2, -0.15) is 0 Å². The Bertz CT molecular complexity index is 682. The maximum Gasteiger partial charge on any atom is 0.356 e. The first kappa shape index (κ1) is 9.65. The molecular weight excluding hydrogens is 218 g/mol. The second-order valence-electron chi connectivity index (χ2n) is 3.68. The Kier molecular flexibility index (Phi) is 1.98. The molecule has 3 rings (SSSR count). The molecule has 5 heteroatoms. The summed E-state index contributed by atoms with van der Waals surface area (Å²) in [6.45, 7) is 0. The third-order valence-electron chi connectivity index (χ3n) is 2.60. The number of H-pyrrole nitrogens is 1. The second-order valence-corrected chi connectivity index (χ2v) is 3.68. The van der Waals surface area contributed by atoms with Gasteiger partial charge in [-0.1, -0.05) is 30.3 Å². The van der Waals surface area contributed by atoms with E-state index in [9.17, 15) is 4.79 Å². The van der Waals surface area contributed by atoms with Crippen molar-refractivity contribution in [3.8, 4) is 11.3 Å². The van der Waals surface area contributed by atoms with Crippen molar-refractivity contribution >= 4 is 11.6 Å². The van der Waals surface area contributed by atoms with Crippen LogP contribution in [0.1, 0.15) is 10.5 Å². The molecule has 0 aliphatic rings. The van der Waals surface area contributed by atoms with Crippen LogP contribution in [0.4, 0.5) is 0 Å². The molecule has 0 atom stereocenters. The van der Waals surface area contributed by atoms with Crippen LogP contribution in [0.25, 0.3) is 16.9 Å². The summed E-state index contributed by atoms with van der Waals surface area (Å²) in [6.07, 6.45) is 1.34. The van der Waals surface area contributed by atoms with Gasteiger partial charge in [0.15, 0.2) is 11.3 Å². The van der Waals surface area contributed by atoms with E-state index in [0.29, 0.717) is 5.65 Å². The molecule has 0 aliphatic heterocycles. The van der Waals surface area contributed by atoms with Crippen LogP contribution in [-0.4, -0.2) is 25.7 Å². The number of fused-ring (bicyclic) bond motifs is 1. The molecule has 84 valence electrons. The van der Waals surface area contributed by atoms with Crippen molar-refractivity contribution in [2.75, 3.05) is 0 Å². The SMILES string of the molecule is O=C(O)c1cnc2cc(-c3ccccc3)[nH]n12. The van der Waals surface area contributed by atoms with Gasteiger partial charge in [-0.05, 0) is 5.56 Å². The van der Waals surface area contributed by atoms with Gasteiger partial charge in [-0.15, -0.1) is 0 Å². The lowest BCUT2D eigenvalue weighted by Gasteiger charge is -1.96. The molecule has 2 N–H and O–H groups in total. The van der Waals surface area contributed by atoms with Gasteiger partial charge < -0.3 is 5.11 Å². The minimum atomic E-state index is -1.00. The zero-order valence-electron chi connectivity index (χ0n) is 8.79. The highest BCUT2D eigenvalue weighted by Crippen LogP contribution is 2.19. The number of nitrogens with one attached hydrogen (secondary N) is 1. The predicted octanol–water partition coefficient (Wildman–Crippen LogP) is 2.03. The number of hydrogen-bond acceptors (Lipinski definition) is 2. The predicted molar refractivity (Wildman–Crippen MR) is 61.9 cm³/mol. The van der Waals surface area contributed by atoms with Gasteiger partial charge in [0.25, 0.3) is 0 Å². The van der Waals surface area contributed by atoms with Gasteiger partial charge in [0, 0.05) is 6.07 Å². The summed E-state index contributed by atoms with van der Waals surface area (Å²) in [7, 11) is 0. The Morgan fingerprint density at radius 3 is 2.76 bits per heavy atom. The highest BCUT2D eigenvalue weighted by Gasteiger charge is 2.13. The zero-order valence-corrected chi connectivity index (χ0v) is 8.79. The van der Waals surface area contributed by atoms with Crippen LogP contribution >= 0.6 is 0 Å². The average Bonchev–Trinajstić information content (AvgIpc) is 2.88. The van der Waals surface area contributed by atoms with Gasteiger partial charge in [-0.25, -0.2) is 14.3 Å². The minimum Gasteiger partial charge on any atom is -0.476 e. The van der Waals surface area contributed by atoms with E-state index in [-0.39, 0.29) is 5.69 Å². The fourth-order valence-electron chi connectivity index (χ4n) is 1.78. The molecule has 0 saturated heterocycles. The van der Waals surface area contributed by atoms with Gasteiger partial charge in [0.05, 0.1) is 11.9 Å². The summed E-state index contributed by atoms with van der Waals surface area (Å²) in [5, 5.41) is 12.0. The van der Waals surface area contributed by atoms with Crippen molar-refractivity contribution in [3.63, 3.8) is 0 Å². The Morgan fingerprint density at radius 1 is 1.29 bits per heavy atom. The number of carboxylic acid groups (broad SMARTS) is 1. The van der Waals surface area contributed by atoms with E-state index in [0.717, 1.165) is 11.3 Å². The Morgan fingerprint density at radius 2 is 2.06 bits per heavy atom. The maximum absolute atomic E-state index is 10.9. The van der Waals surface area contributed by atoms with Gasteiger partial charge in [-0.3, -0.25) is 5.10 Å². The quantitative estimate of drug-likeness (QED) is 0.703. The molecule has 5 nitrogen and oxygen atoms in total. The standard InChI is InChI=1S/C12H9N3O2/c16-12(17)10-7-13-11-6-9(14-15(10)11)8-4-2-1-3-5-8/h1-7,14H,(H,16,17). The number of carbonyl (C=O) groups is 1. The Hall–Kier alpha value is -2.56. The normalized spacial score (nSPS) is 10.8. The molecule has 0 fully saturated rings. The van der Waals surface area contributed by atoms with Crippen molar-refractivity contribution < 1.29 is 9.90 Å². The molecule has 0 radical (unpaired) electrons. The molecule has 0 amide bonds. The van der Waals surface area contributed by atoms with Crippen LogP contribution in [0, 0.1) is 0 Å². The largest absolute Gasteiger partial charge is 0.476 e. The van der Waals surface area contributed by atoms with E-state index in [1.54, 1.807) is 0 Å². The molecule has 0 saturated carbocycles. The van der Waals surface area contributed by atoms with Crippen LogP contribution in [0.2, 0.25) is 0 Å². The van der Waals surface area contributed by atoms with Crippen molar-refractivity contribution in [3.05, 3.63) is 48.3 Å². The lowest BCUT2D eigenvalue weighted by Crippen LogP contribution is -2.01. The number of rotatable bonds is 2. The summed E-state index contributed by atoms with van der Waals surface area (Å²) in [5.74, 6) is -1.00. The number of aromatic amines is 1. The molecule has 3 aromatic rings. The zero-order chi connectivity index (χ0) is 11.8. The number of benzene rings is 1. The van der Waals surface area contributed by atoms with E-state index in [1.165, 1.54) is 10.7 Å². The molecule has 0 bridgehead atoms. The molecule has 0 aliphatic carbocycles. The smallest absolute Gasteiger partial charge is 0.356 e. The Labute approximate surface area is 96.3 Å². The minimum absolute atomic E-state index is 0.127. The number of aromatic carboxylic acids is 1. The van der Waals surface area contributed by atoms with Crippen LogP contribution < -0.4 is 0 Å². The lowest BCUT2D eigenvalue weighted by molar-refractivity contribution is 0.0688. The van der Waals surface area contributed by atoms with Crippen molar-refractivity contribution in [1.29, 1.82) is 0 Å². The third kappa shape index (κ3) is 1.48. The molecule has 1 aromatic carbocycles. The number of carboxylic acids is 1. The van der Waals surface area contributed by atoms with Crippen LogP contribution in [-0.2, 0) is 0 Å². The highest BCUT2D eigenvalue weighted by atomic mass is 16.4. The number of nitrogens with zero attached hydrogens (tertiary/aromatic N) is 2. The second kappa shape index (κ2) is 3.48. The van der Waals surface area contributed by atoms with E-state index in [2.05, 4.69) is 10.1 Å². The van der Waals surface area contributed by atoms with Crippen LogP contribution in [0.5, 0.6) is 0 Å². The van der Waals surface area contributed by atoms with Crippen molar-refractivity contribution in [1.82, 2.24) is 14.6 Å². The molecule has 0 unspecified atom stereocenters. The van der Waals surface area contributed by atoms with Gasteiger partial charge in [0.2, 0.25) is 0 Å². The van der Waals surface area contributed by atoms with E-state index in [1.807, 2.05) is 36.4 Å². The molecule has 2 heterocycles. The molecular formula is C12H9N3O2. The fourth-order valence-corrected chi connectivity index (χ4v) is 1.78. The monoisotopic (exact) mass is 227 g/mol. The van der Waals surface area contributed by atoms with Crippen LogP contribution in [0.3, 0.4) is 0 Å². The van der Waals surface area contributed by atoms with Gasteiger partial charge >= 0.3 is 5.97 Å². The summed E-state index contributed by atoms with van der Waals surface area (Å²) in [5.41, 5.74) is 2.56. The summed E-state index contributed by atoms with van der Waals surface area (Å²) >= 11 is 0. The van der Waals surface area contributed by atoms with Crippen molar-refractivity contribution in [2.45, 2.75) is 0 Å². The Balaban J connectivity index is 2.18. The molecule has 17 heavy (non-hydrogen) atoms. The lowest BCUT2D eigenvalue weighted by atomic mass is 10.2.